The maximum Gasteiger partial charge on any atom is 0.311 e. The molecule has 0 saturated carbocycles. The van der Waals surface area contributed by atoms with Crippen molar-refractivity contribution in [2.45, 2.75) is 25.6 Å². The van der Waals surface area contributed by atoms with E-state index in [1.54, 1.807) is 12.1 Å². The molecule has 21 heavy (non-hydrogen) atoms. The predicted molar refractivity (Wildman–Crippen MR) is 86.4 cm³/mol. The van der Waals surface area contributed by atoms with Gasteiger partial charge in [-0.25, -0.2) is 0 Å². The van der Waals surface area contributed by atoms with Crippen LogP contribution in [0.4, 0.5) is 5.69 Å². The van der Waals surface area contributed by atoms with E-state index in [9.17, 15) is 10.1 Å². The largest absolute Gasteiger partial charge is 0.450 e. The highest BCUT2D eigenvalue weighted by atomic mass is 79.9. The van der Waals surface area contributed by atoms with Crippen molar-refractivity contribution in [3.05, 3.63) is 63.2 Å². The lowest BCUT2D eigenvalue weighted by Gasteiger charge is -2.09. The molecule has 0 spiro atoms. The number of hydrogen-bond acceptors (Lipinski definition) is 3. The fraction of sp³-hybridized carbons (Fsp3) is 0.250. The number of nitro benzene ring substituents is 1. The summed E-state index contributed by atoms with van der Waals surface area (Å²) in [6.07, 6.45) is 0.750. The summed E-state index contributed by atoms with van der Waals surface area (Å²) in [5, 5.41) is 11.9. The fourth-order valence-electron chi connectivity index (χ4n) is 2.02. The molecule has 2 aromatic rings. The minimum atomic E-state index is -0.409. The monoisotopic (exact) mass is 349 g/mol. The lowest BCUT2D eigenvalue weighted by molar-refractivity contribution is -0.385. The first-order chi connectivity index (χ1) is 10.0. The van der Waals surface area contributed by atoms with E-state index in [0.717, 1.165) is 28.4 Å². The van der Waals surface area contributed by atoms with Crippen LogP contribution >= 0.6 is 15.9 Å². The summed E-state index contributed by atoms with van der Waals surface area (Å²) >= 11 is 3.42. The van der Waals surface area contributed by atoms with E-state index in [2.05, 4.69) is 15.9 Å². The number of halogens is 1. The Morgan fingerprint density at radius 3 is 2.57 bits per heavy atom. The summed E-state index contributed by atoms with van der Waals surface area (Å²) in [6, 6.07) is 10.7. The molecule has 0 N–H and O–H groups in total. The van der Waals surface area contributed by atoms with Gasteiger partial charge in [0.05, 0.1) is 4.92 Å². The summed E-state index contributed by atoms with van der Waals surface area (Å²) in [7, 11) is 0. The molecule has 0 aliphatic carbocycles. The van der Waals surface area contributed by atoms with Gasteiger partial charge in [-0.15, -0.1) is 0 Å². The van der Waals surface area contributed by atoms with Gasteiger partial charge in [-0.2, -0.15) is 0 Å². The number of nitrogens with zero attached hydrogens (tertiary/aromatic N) is 1. The first kappa shape index (κ1) is 15.5. The first-order valence-electron chi connectivity index (χ1n) is 6.65. The average molecular weight is 350 g/mol. The number of rotatable bonds is 5. The molecular weight excluding hydrogens is 334 g/mol. The molecule has 0 bridgehead atoms. The van der Waals surface area contributed by atoms with Gasteiger partial charge in [-0.1, -0.05) is 35.0 Å². The van der Waals surface area contributed by atoms with E-state index in [1.807, 2.05) is 38.1 Å². The molecule has 0 aliphatic heterocycles. The average Bonchev–Trinajstić information content (AvgIpc) is 2.47. The van der Waals surface area contributed by atoms with Crippen molar-refractivity contribution in [2.75, 3.05) is 0 Å². The maximum absolute atomic E-state index is 11.2. The Labute approximate surface area is 132 Å². The minimum absolute atomic E-state index is 0.00317. The quantitative estimate of drug-likeness (QED) is 0.426. The van der Waals surface area contributed by atoms with Gasteiger partial charge in [0.25, 0.3) is 0 Å². The molecule has 0 amide bonds. The molecule has 0 unspecified atom stereocenters. The highest BCUT2D eigenvalue weighted by Gasteiger charge is 2.16. The van der Waals surface area contributed by atoms with E-state index in [4.69, 9.17) is 4.74 Å². The molecular formula is C16H16BrNO3. The van der Waals surface area contributed by atoms with Crippen LogP contribution in [0.25, 0.3) is 0 Å². The Kier molecular flexibility index (Phi) is 4.96. The van der Waals surface area contributed by atoms with Gasteiger partial charge >= 0.3 is 5.69 Å². The van der Waals surface area contributed by atoms with Crippen LogP contribution in [0.15, 0.2) is 36.4 Å². The Bertz CT molecular complexity index is 671. The lowest BCUT2D eigenvalue weighted by atomic mass is 10.1. The van der Waals surface area contributed by atoms with Gasteiger partial charge in [-0.05, 0) is 48.2 Å². The van der Waals surface area contributed by atoms with E-state index < -0.39 is 4.92 Å². The van der Waals surface area contributed by atoms with Crippen molar-refractivity contribution >= 4 is 21.6 Å². The minimum Gasteiger partial charge on any atom is -0.450 e. The van der Waals surface area contributed by atoms with Gasteiger partial charge in [0.1, 0.15) is 5.75 Å². The van der Waals surface area contributed by atoms with Crippen molar-refractivity contribution in [1.82, 2.24) is 0 Å². The molecule has 0 saturated heterocycles. The first-order valence-corrected chi connectivity index (χ1v) is 7.78. The van der Waals surface area contributed by atoms with E-state index >= 15 is 0 Å². The van der Waals surface area contributed by atoms with Crippen molar-refractivity contribution in [3.8, 4) is 11.5 Å². The lowest BCUT2D eigenvalue weighted by Crippen LogP contribution is -1.95. The molecule has 0 aromatic heterocycles. The molecule has 0 atom stereocenters. The van der Waals surface area contributed by atoms with Crippen molar-refractivity contribution in [1.29, 1.82) is 0 Å². The Hall–Kier alpha value is -1.88. The van der Waals surface area contributed by atoms with Crippen LogP contribution in [0.2, 0.25) is 0 Å². The summed E-state index contributed by atoms with van der Waals surface area (Å²) in [6.45, 7) is 3.94. The van der Waals surface area contributed by atoms with E-state index in [1.165, 1.54) is 0 Å². The third-order valence-corrected chi connectivity index (χ3v) is 3.92. The van der Waals surface area contributed by atoms with Gasteiger partial charge in [0.15, 0.2) is 0 Å². The molecule has 5 heteroatoms. The van der Waals surface area contributed by atoms with Gasteiger partial charge < -0.3 is 4.74 Å². The Balaban J connectivity index is 2.35. The van der Waals surface area contributed by atoms with E-state index in [0.29, 0.717) is 5.75 Å². The SMILES string of the molecule is CCc1ccc(Oc2ccc(CBr)c(C)c2)c([N+](=O)[O-])c1. The number of nitro groups is 1. The van der Waals surface area contributed by atoms with Crippen LogP contribution in [-0.2, 0) is 11.8 Å². The summed E-state index contributed by atoms with van der Waals surface area (Å²) in [5.74, 6) is 0.868. The number of aryl methyl sites for hydroxylation is 2. The second-order valence-electron chi connectivity index (χ2n) is 4.74. The normalized spacial score (nSPS) is 10.4. The van der Waals surface area contributed by atoms with Crippen molar-refractivity contribution in [3.63, 3.8) is 0 Å². The molecule has 0 heterocycles. The van der Waals surface area contributed by atoms with Gasteiger partial charge in [0.2, 0.25) is 5.75 Å². The van der Waals surface area contributed by atoms with Gasteiger partial charge in [-0.3, -0.25) is 10.1 Å². The third-order valence-electron chi connectivity index (χ3n) is 3.31. The second-order valence-corrected chi connectivity index (χ2v) is 5.30. The number of hydrogen-bond donors (Lipinski definition) is 0. The Morgan fingerprint density at radius 2 is 2.00 bits per heavy atom. The molecule has 0 aliphatic rings. The zero-order chi connectivity index (χ0) is 15.4. The van der Waals surface area contributed by atoms with Crippen LogP contribution in [0.1, 0.15) is 23.6 Å². The van der Waals surface area contributed by atoms with Crippen molar-refractivity contribution in [2.24, 2.45) is 0 Å². The van der Waals surface area contributed by atoms with Gasteiger partial charge in [0, 0.05) is 11.4 Å². The molecule has 0 radical (unpaired) electrons. The number of benzene rings is 2. The smallest absolute Gasteiger partial charge is 0.311 e. The standard InChI is InChI=1S/C16H16BrNO3/c1-3-12-4-7-16(15(9-12)18(19)20)21-14-6-5-13(10-17)11(2)8-14/h4-9H,3,10H2,1-2H3. The number of alkyl halides is 1. The molecule has 4 nitrogen and oxygen atoms in total. The van der Waals surface area contributed by atoms with Crippen LogP contribution < -0.4 is 4.74 Å². The maximum atomic E-state index is 11.2. The highest BCUT2D eigenvalue weighted by Crippen LogP contribution is 2.33. The summed E-state index contributed by atoms with van der Waals surface area (Å²) in [4.78, 5) is 10.8. The van der Waals surface area contributed by atoms with Crippen molar-refractivity contribution < 1.29 is 9.66 Å². The van der Waals surface area contributed by atoms with Crippen LogP contribution in [0.5, 0.6) is 11.5 Å². The number of ether oxygens (including phenoxy) is 1. The zero-order valence-corrected chi connectivity index (χ0v) is 13.5. The Morgan fingerprint density at radius 1 is 1.24 bits per heavy atom. The van der Waals surface area contributed by atoms with Crippen LogP contribution in [-0.4, -0.2) is 4.92 Å². The van der Waals surface area contributed by atoms with Crippen LogP contribution in [0, 0.1) is 17.0 Å². The molecule has 2 rings (SSSR count). The summed E-state index contributed by atoms with van der Waals surface area (Å²) in [5.41, 5.74) is 3.16. The van der Waals surface area contributed by atoms with Crippen LogP contribution in [0.3, 0.4) is 0 Å². The highest BCUT2D eigenvalue weighted by molar-refractivity contribution is 9.08. The predicted octanol–water partition coefficient (Wildman–Crippen LogP) is 5.15. The zero-order valence-electron chi connectivity index (χ0n) is 11.9. The van der Waals surface area contributed by atoms with E-state index in [-0.39, 0.29) is 11.4 Å². The molecule has 0 fully saturated rings. The molecule has 110 valence electrons. The summed E-state index contributed by atoms with van der Waals surface area (Å²) < 4.78 is 5.69. The second kappa shape index (κ2) is 6.72. The fourth-order valence-corrected chi connectivity index (χ4v) is 2.65. The molecule has 2 aromatic carbocycles. The third kappa shape index (κ3) is 3.61. The topological polar surface area (TPSA) is 52.4 Å².